The van der Waals surface area contributed by atoms with Crippen molar-refractivity contribution in [3.8, 4) is 0 Å². The van der Waals surface area contributed by atoms with Gasteiger partial charge in [0.05, 0.1) is 6.04 Å². The lowest BCUT2D eigenvalue weighted by Gasteiger charge is -2.38. The first-order chi connectivity index (χ1) is 12.7. The molecule has 0 radical (unpaired) electrons. The van der Waals surface area contributed by atoms with Crippen molar-refractivity contribution in [2.75, 3.05) is 5.32 Å². The molecule has 2 aromatic rings. The predicted molar refractivity (Wildman–Crippen MR) is 106 cm³/mol. The van der Waals surface area contributed by atoms with E-state index in [0.29, 0.717) is 0 Å². The third-order valence-corrected chi connectivity index (χ3v) is 5.40. The van der Waals surface area contributed by atoms with E-state index in [1.165, 1.54) is 24.8 Å². The number of aromatic nitrogens is 1. The molecule has 0 spiro atoms. The Kier molecular flexibility index (Phi) is 6.26. The van der Waals surface area contributed by atoms with Crippen molar-refractivity contribution in [1.29, 1.82) is 0 Å². The fraction of sp³-hybridized carbons (Fsp3) is 0.455. The van der Waals surface area contributed by atoms with Crippen LogP contribution in [-0.4, -0.2) is 22.0 Å². The first-order valence-electron chi connectivity index (χ1n) is 9.77. The van der Waals surface area contributed by atoms with Crippen LogP contribution < -0.4 is 5.32 Å². The van der Waals surface area contributed by atoms with E-state index in [1.54, 1.807) is 6.20 Å². The molecule has 0 saturated heterocycles. The first-order valence-corrected chi connectivity index (χ1v) is 9.77. The first kappa shape index (κ1) is 18.4. The van der Waals surface area contributed by atoms with Gasteiger partial charge in [0.25, 0.3) is 0 Å². The van der Waals surface area contributed by atoms with Gasteiger partial charge in [0.15, 0.2) is 0 Å². The van der Waals surface area contributed by atoms with Crippen molar-refractivity contribution in [2.24, 2.45) is 0 Å². The number of carbonyl (C=O) groups excluding carboxylic acids is 1. The molecular formula is C22H29N3O. The van der Waals surface area contributed by atoms with Gasteiger partial charge >= 0.3 is 6.03 Å². The van der Waals surface area contributed by atoms with Gasteiger partial charge in [-0.1, -0.05) is 44.4 Å². The van der Waals surface area contributed by atoms with E-state index in [0.717, 1.165) is 30.5 Å². The van der Waals surface area contributed by atoms with Crippen molar-refractivity contribution < 1.29 is 4.79 Å². The number of nitrogens with one attached hydrogen (secondary N) is 1. The van der Waals surface area contributed by atoms with Gasteiger partial charge in [-0.25, -0.2) is 4.79 Å². The molecule has 138 valence electrons. The summed E-state index contributed by atoms with van der Waals surface area (Å²) in [5, 5.41) is 3.11. The standard InChI is InChI=1S/C22H29N3O/c1-3-18-11-13-20(14-12-18)24-22(26)25(21-9-5-4-6-10-21)17(2)19-8-7-15-23-16-19/h7-8,11-17,21H,3-6,9-10H2,1-2H3,(H,24,26)/t17-/m1/s1. The molecular weight excluding hydrogens is 322 g/mol. The van der Waals surface area contributed by atoms with E-state index >= 15 is 0 Å². The number of aryl methyl sites for hydroxylation is 1. The highest BCUT2D eigenvalue weighted by Gasteiger charge is 2.30. The zero-order chi connectivity index (χ0) is 18.4. The molecule has 0 aliphatic heterocycles. The molecule has 1 aromatic heterocycles. The van der Waals surface area contributed by atoms with E-state index < -0.39 is 0 Å². The minimum atomic E-state index is -0.0162. The van der Waals surface area contributed by atoms with Crippen LogP contribution in [0.2, 0.25) is 0 Å². The fourth-order valence-corrected chi connectivity index (χ4v) is 3.81. The van der Waals surface area contributed by atoms with Crippen LogP contribution in [0.3, 0.4) is 0 Å². The molecule has 0 unspecified atom stereocenters. The average Bonchev–Trinajstić information content (AvgIpc) is 2.70. The summed E-state index contributed by atoms with van der Waals surface area (Å²) in [6.45, 7) is 4.24. The number of amides is 2. The third-order valence-electron chi connectivity index (χ3n) is 5.40. The maximum atomic E-state index is 13.2. The second kappa shape index (κ2) is 8.84. The van der Waals surface area contributed by atoms with Gasteiger partial charge in [0, 0.05) is 24.1 Å². The number of hydrogen-bond donors (Lipinski definition) is 1. The Balaban J connectivity index is 1.80. The number of carbonyl (C=O) groups is 1. The van der Waals surface area contributed by atoms with Gasteiger partial charge in [-0.05, 0) is 55.5 Å². The Bertz CT molecular complexity index is 693. The van der Waals surface area contributed by atoms with Crippen LogP contribution in [0, 0.1) is 0 Å². The zero-order valence-corrected chi connectivity index (χ0v) is 15.8. The summed E-state index contributed by atoms with van der Waals surface area (Å²) in [5.74, 6) is 0. The highest BCUT2D eigenvalue weighted by molar-refractivity contribution is 5.89. The second-order valence-corrected chi connectivity index (χ2v) is 7.14. The van der Waals surface area contributed by atoms with Crippen LogP contribution in [0.5, 0.6) is 0 Å². The highest BCUT2D eigenvalue weighted by atomic mass is 16.2. The fourth-order valence-electron chi connectivity index (χ4n) is 3.81. The Hall–Kier alpha value is -2.36. The number of pyridine rings is 1. The van der Waals surface area contributed by atoms with Crippen LogP contribution in [0.15, 0.2) is 48.8 Å². The van der Waals surface area contributed by atoms with Crippen molar-refractivity contribution in [3.05, 3.63) is 59.9 Å². The average molecular weight is 351 g/mol. The molecule has 1 aliphatic carbocycles. The van der Waals surface area contributed by atoms with Gasteiger partial charge in [-0.15, -0.1) is 0 Å². The monoisotopic (exact) mass is 351 g/mol. The lowest BCUT2D eigenvalue weighted by atomic mass is 9.92. The molecule has 4 heteroatoms. The summed E-state index contributed by atoms with van der Waals surface area (Å²) in [5.41, 5.74) is 3.21. The van der Waals surface area contributed by atoms with E-state index in [4.69, 9.17) is 0 Å². The molecule has 1 aromatic carbocycles. The number of hydrogen-bond acceptors (Lipinski definition) is 2. The largest absolute Gasteiger partial charge is 0.322 e. The summed E-state index contributed by atoms with van der Waals surface area (Å²) >= 11 is 0. The van der Waals surface area contributed by atoms with E-state index in [9.17, 15) is 4.79 Å². The zero-order valence-electron chi connectivity index (χ0n) is 15.8. The maximum Gasteiger partial charge on any atom is 0.322 e. The van der Waals surface area contributed by atoms with Crippen molar-refractivity contribution in [2.45, 2.75) is 64.5 Å². The quantitative estimate of drug-likeness (QED) is 0.765. The van der Waals surface area contributed by atoms with Gasteiger partial charge in [-0.3, -0.25) is 4.98 Å². The highest BCUT2D eigenvalue weighted by Crippen LogP contribution is 2.30. The molecule has 1 saturated carbocycles. The van der Waals surface area contributed by atoms with Crippen LogP contribution in [-0.2, 0) is 6.42 Å². The maximum absolute atomic E-state index is 13.2. The van der Waals surface area contributed by atoms with Gasteiger partial charge < -0.3 is 10.2 Å². The van der Waals surface area contributed by atoms with Gasteiger partial charge in [0.1, 0.15) is 0 Å². The Morgan fingerprint density at radius 3 is 2.54 bits per heavy atom. The van der Waals surface area contributed by atoms with Crippen LogP contribution in [0.4, 0.5) is 10.5 Å². The second-order valence-electron chi connectivity index (χ2n) is 7.14. The van der Waals surface area contributed by atoms with Crippen LogP contribution in [0.1, 0.15) is 63.1 Å². The van der Waals surface area contributed by atoms with Crippen molar-refractivity contribution in [1.82, 2.24) is 9.88 Å². The third kappa shape index (κ3) is 4.43. The molecule has 0 bridgehead atoms. The van der Waals surface area contributed by atoms with Crippen LogP contribution >= 0.6 is 0 Å². The Labute approximate surface area is 156 Å². The molecule has 2 amide bonds. The Morgan fingerprint density at radius 1 is 1.19 bits per heavy atom. The number of urea groups is 1. The smallest absolute Gasteiger partial charge is 0.315 e. The number of nitrogens with zero attached hydrogens (tertiary/aromatic N) is 2. The minimum absolute atomic E-state index is 0.00159. The van der Waals surface area contributed by atoms with E-state index in [2.05, 4.69) is 42.3 Å². The molecule has 26 heavy (non-hydrogen) atoms. The number of rotatable bonds is 5. The van der Waals surface area contributed by atoms with E-state index in [-0.39, 0.29) is 18.1 Å². The molecule has 1 fully saturated rings. The van der Waals surface area contributed by atoms with Crippen molar-refractivity contribution in [3.63, 3.8) is 0 Å². The summed E-state index contributed by atoms with van der Waals surface area (Å²) in [6, 6.07) is 12.4. The lowest BCUT2D eigenvalue weighted by Crippen LogP contribution is -2.45. The normalized spacial score (nSPS) is 16.1. The molecule has 1 heterocycles. The predicted octanol–water partition coefficient (Wildman–Crippen LogP) is 5.57. The summed E-state index contributed by atoms with van der Waals surface area (Å²) in [7, 11) is 0. The lowest BCUT2D eigenvalue weighted by molar-refractivity contribution is 0.139. The minimum Gasteiger partial charge on any atom is -0.315 e. The number of benzene rings is 1. The SMILES string of the molecule is CCc1ccc(NC(=O)N(C2CCCCC2)[C@H](C)c2cccnc2)cc1. The van der Waals surface area contributed by atoms with Crippen molar-refractivity contribution >= 4 is 11.7 Å². The van der Waals surface area contributed by atoms with Crippen LogP contribution in [0.25, 0.3) is 0 Å². The summed E-state index contributed by atoms with van der Waals surface area (Å²) < 4.78 is 0. The molecule has 1 aliphatic rings. The summed E-state index contributed by atoms with van der Waals surface area (Å²) in [4.78, 5) is 19.4. The number of anilines is 1. The molecule has 4 nitrogen and oxygen atoms in total. The molecule has 1 atom stereocenters. The molecule has 3 rings (SSSR count). The topological polar surface area (TPSA) is 45.2 Å². The molecule has 1 N–H and O–H groups in total. The summed E-state index contributed by atoms with van der Waals surface area (Å²) in [6.07, 6.45) is 10.4. The van der Waals surface area contributed by atoms with Gasteiger partial charge in [-0.2, -0.15) is 0 Å². The van der Waals surface area contributed by atoms with Gasteiger partial charge in [0.2, 0.25) is 0 Å². The Morgan fingerprint density at radius 2 is 1.92 bits per heavy atom. The van der Waals surface area contributed by atoms with E-state index in [1.807, 2.05) is 29.3 Å².